The largest absolute Gasteiger partial charge is 0.345 e. The Labute approximate surface area is 174 Å². The number of sulfonamides is 1. The van der Waals surface area contributed by atoms with Gasteiger partial charge in [-0.3, -0.25) is 4.79 Å². The normalized spacial score (nSPS) is 20.1. The molecule has 5 nitrogen and oxygen atoms in total. The van der Waals surface area contributed by atoms with E-state index in [4.69, 9.17) is 0 Å². The molecule has 8 heteroatoms. The van der Waals surface area contributed by atoms with Crippen LogP contribution in [-0.4, -0.2) is 37.5 Å². The average Bonchev–Trinajstić information content (AvgIpc) is 2.75. The number of halogens is 1. The van der Waals surface area contributed by atoms with Gasteiger partial charge in [0.25, 0.3) is 5.91 Å². The quantitative estimate of drug-likeness (QED) is 0.791. The topological polar surface area (TPSA) is 66.5 Å². The van der Waals surface area contributed by atoms with Gasteiger partial charge in [0.05, 0.1) is 10.9 Å². The van der Waals surface area contributed by atoms with E-state index in [0.29, 0.717) is 25.1 Å². The predicted molar refractivity (Wildman–Crippen MR) is 111 cm³/mol. The van der Waals surface area contributed by atoms with Crippen LogP contribution in [0.2, 0.25) is 0 Å². The van der Waals surface area contributed by atoms with E-state index in [1.165, 1.54) is 28.6 Å². The molecule has 2 aliphatic rings. The van der Waals surface area contributed by atoms with Gasteiger partial charge in [-0.15, -0.1) is 11.8 Å². The van der Waals surface area contributed by atoms with Gasteiger partial charge in [-0.1, -0.05) is 12.5 Å². The van der Waals surface area contributed by atoms with E-state index in [2.05, 4.69) is 5.32 Å². The van der Waals surface area contributed by atoms with Crippen LogP contribution in [0.1, 0.15) is 47.6 Å². The lowest BCUT2D eigenvalue weighted by Crippen LogP contribution is -2.36. The van der Waals surface area contributed by atoms with E-state index < -0.39 is 10.0 Å². The number of carbonyl (C=O) groups is 1. The number of rotatable bonds is 4. The molecule has 1 atom stereocenters. The highest BCUT2D eigenvalue weighted by atomic mass is 32.2. The summed E-state index contributed by atoms with van der Waals surface area (Å²) in [4.78, 5) is 13.9. The van der Waals surface area contributed by atoms with Gasteiger partial charge in [-0.2, -0.15) is 4.31 Å². The standard InChI is InChI=1S/C21H23FN2O3S2/c22-16-7-8-20-18(14-16)19(9-12-28-20)23-21(25)15-5-4-6-17(13-15)29(26,27)24-10-2-1-3-11-24/h4-8,13-14,19H,1-3,9-12H2,(H,23,25)/t19-/m0/s1. The lowest BCUT2D eigenvalue weighted by molar-refractivity contribution is 0.0934. The van der Waals surface area contributed by atoms with Crippen LogP contribution in [0, 0.1) is 5.82 Å². The highest BCUT2D eigenvalue weighted by Crippen LogP contribution is 2.36. The molecule has 0 radical (unpaired) electrons. The van der Waals surface area contributed by atoms with Crippen molar-refractivity contribution in [2.45, 2.75) is 41.5 Å². The van der Waals surface area contributed by atoms with Crippen LogP contribution in [0.3, 0.4) is 0 Å². The second kappa shape index (κ2) is 8.45. The first-order chi connectivity index (χ1) is 13.9. The second-order valence-electron chi connectivity index (χ2n) is 7.34. The predicted octanol–water partition coefficient (Wildman–Crippen LogP) is 3.97. The minimum absolute atomic E-state index is 0.137. The van der Waals surface area contributed by atoms with E-state index in [1.807, 2.05) is 0 Å². The van der Waals surface area contributed by atoms with Gasteiger partial charge in [0.15, 0.2) is 0 Å². The summed E-state index contributed by atoms with van der Waals surface area (Å²) in [5.41, 5.74) is 1.06. The van der Waals surface area contributed by atoms with E-state index in [9.17, 15) is 17.6 Å². The summed E-state index contributed by atoms with van der Waals surface area (Å²) in [5.74, 6) is 0.139. The first kappa shape index (κ1) is 20.4. The number of hydrogen-bond acceptors (Lipinski definition) is 4. The molecule has 4 rings (SSSR count). The molecular formula is C21H23FN2O3S2. The van der Waals surface area contributed by atoms with Gasteiger partial charge in [0.2, 0.25) is 10.0 Å². The van der Waals surface area contributed by atoms with Gasteiger partial charge in [0.1, 0.15) is 5.82 Å². The molecule has 154 valence electrons. The summed E-state index contributed by atoms with van der Waals surface area (Å²) in [6.07, 6.45) is 3.44. The van der Waals surface area contributed by atoms with Crippen LogP contribution in [0.4, 0.5) is 4.39 Å². The Hall–Kier alpha value is -1.90. The number of nitrogens with one attached hydrogen (secondary N) is 1. The smallest absolute Gasteiger partial charge is 0.251 e. The van der Waals surface area contributed by atoms with Gasteiger partial charge in [-0.05, 0) is 61.2 Å². The van der Waals surface area contributed by atoms with Crippen LogP contribution >= 0.6 is 11.8 Å². The first-order valence-corrected chi connectivity index (χ1v) is 12.2. The van der Waals surface area contributed by atoms with Gasteiger partial charge >= 0.3 is 0 Å². The summed E-state index contributed by atoms with van der Waals surface area (Å²) in [6, 6.07) is 10.5. The van der Waals surface area contributed by atoms with Crippen molar-refractivity contribution < 1.29 is 17.6 Å². The third kappa shape index (κ3) is 4.34. The molecule has 0 bridgehead atoms. The number of amides is 1. The minimum atomic E-state index is -3.60. The fourth-order valence-corrected chi connectivity index (χ4v) is 6.48. The van der Waals surface area contributed by atoms with Crippen LogP contribution in [0.5, 0.6) is 0 Å². The summed E-state index contributed by atoms with van der Waals surface area (Å²) in [7, 11) is -3.60. The Bertz CT molecular complexity index is 1020. The zero-order chi connectivity index (χ0) is 20.4. The Kier molecular flexibility index (Phi) is 5.94. The lowest BCUT2D eigenvalue weighted by Gasteiger charge is -2.27. The Morgan fingerprint density at radius 1 is 1.10 bits per heavy atom. The van der Waals surface area contributed by atoms with Crippen molar-refractivity contribution in [3.8, 4) is 0 Å². The molecule has 0 saturated carbocycles. The zero-order valence-corrected chi connectivity index (χ0v) is 17.6. The highest BCUT2D eigenvalue weighted by molar-refractivity contribution is 7.99. The van der Waals surface area contributed by atoms with Crippen molar-refractivity contribution >= 4 is 27.7 Å². The molecule has 2 aromatic carbocycles. The molecule has 2 aliphatic heterocycles. The number of nitrogens with zero attached hydrogens (tertiary/aromatic N) is 1. The molecule has 2 aromatic rings. The Balaban J connectivity index is 1.55. The molecular weight excluding hydrogens is 411 g/mol. The SMILES string of the molecule is O=C(N[C@H]1CCSc2ccc(F)cc21)c1cccc(S(=O)(=O)N2CCCCC2)c1. The van der Waals surface area contributed by atoms with Crippen molar-refractivity contribution in [3.05, 3.63) is 59.4 Å². The first-order valence-electron chi connectivity index (χ1n) is 9.78. The molecule has 0 aromatic heterocycles. The van der Waals surface area contributed by atoms with Crippen LogP contribution < -0.4 is 5.32 Å². The summed E-state index contributed by atoms with van der Waals surface area (Å²) < 4.78 is 41.0. The summed E-state index contributed by atoms with van der Waals surface area (Å²) in [5, 5.41) is 2.95. The number of piperidine rings is 1. The monoisotopic (exact) mass is 434 g/mol. The maximum absolute atomic E-state index is 13.7. The van der Waals surface area contributed by atoms with E-state index in [1.54, 1.807) is 30.0 Å². The maximum atomic E-state index is 13.7. The highest BCUT2D eigenvalue weighted by Gasteiger charge is 2.27. The third-order valence-corrected chi connectivity index (χ3v) is 8.38. The van der Waals surface area contributed by atoms with Gasteiger partial charge in [-0.25, -0.2) is 12.8 Å². The fraction of sp³-hybridized carbons (Fsp3) is 0.381. The van der Waals surface area contributed by atoms with Gasteiger partial charge in [0, 0.05) is 29.3 Å². The Morgan fingerprint density at radius 2 is 1.90 bits per heavy atom. The third-order valence-electron chi connectivity index (χ3n) is 5.37. The van der Waals surface area contributed by atoms with Crippen molar-refractivity contribution in [2.24, 2.45) is 0 Å². The molecule has 0 unspecified atom stereocenters. The molecule has 2 heterocycles. The van der Waals surface area contributed by atoms with E-state index in [0.717, 1.165) is 35.5 Å². The van der Waals surface area contributed by atoms with Crippen LogP contribution in [-0.2, 0) is 10.0 Å². The minimum Gasteiger partial charge on any atom is -0.345 e. The molecule has 0 spiro atoms. The van der Waals surface area contributed by atoms with Gasteiger partial charge < -0.3 is 5.32 Å². The van der Waals surface area contributed by atoms with E-state index >= 15 is 0 Å². The maximum Gasteiger partial charge on any atom is 0.251 e. The molecule has 1 amide bonds. The van der Waals surface area contributed by atoms with E-state index in [-0.39, 0.29) is 22.7 Å². The summed E-state index contributed by atoms with van der Waals surface area (Å²) in [6.45, 7) is 1.03. The zero-order valence-electron chi connectivity index (χ0n) is 15.9. The fourth-order valence-electron chi connectivity index (χ4n) is 3.81. The number of carbonyl (C=O) groups excluding carboxylic acids is 1. The molecule has 1 N–H and O–H groups in total. The van der Waals surface area contributed by atoms with Crippen molar-refractivity contribution in [3.63, 3.8) is 0 Å². The molecule has 0 aliphatic carbocycles. The number of thioether (sulfide) groups is 1. The number of benzene rings is 2. The molecule has 1 fully saturated rings. The number of fused-ring (bicyclic) bond motifs is 1. The summed E-state index contributed by atoms with van der Waals surface area (Å²) >= 11 is 1.64. The van der Waals surface area contributed by atoms with Crippen molar-refractivity contribution in [1.82, 2.24) is 9.62 Å². The molecule has 29 heavy (non-hydrogen) atoms. The van der Waals surface area contributed by atoms with Crippen LogP contribution in [0.15, 0.2) is 52.3 Å². The Morgan fingerprint density at radius 3 is 2.69 bits per heavy atom. The average molecular weight is 435 g/mol. The lowest BCUT2D eigenvalue weighted by atomic mass is 10.0. The van der Waals surface area contributed by atoms with Crippen molar-refractivity contribution in [1.29, 1.82) is 0 Å². The number of hydrogen-bond donors (Lipinski definition) is 1. The molecule has 1 saturated heterocycles. The van der Waals surface area contributed by atoms with Crippen LogP contribution in [0.25, 0.3) is 0 Å². The van der Waals surface area contributed by atoms with Crippen molar-refractivity contribution in [2.75, 3.05) is 18.8 Å². The second-order valence-corrected chi connectivity index (χ2v) is 10.4.